The van der Waals surface area contributed by atoms with Gasteiger partial charge < -0.3 is 25.6 Å². The van der Waals surface area contributed by atoms with Crippen LogP contribution in [0.3, 0.4) is 0 Å². The summed E-state index contributed by atoms with van der Waals surface area (Å²) in [6.45, 7) is 11.6. The fraction of sp³-hybridized carbons (Fsp3) is 0.324. The molecule has 0 saturated carbocycles. The Morgan fingerprint density at radius 3 is 1.82 bits per heavy atom. The summed E-state index contributed by atoms with van der Waals surface area (Å²) >= 11 is 6.50. The van der Waals surface area contributed by atoms with Gasteiger partial charge in [-0.25, -0.2) is 14.8 Å². The molecule has 264 valence electrons. The van der Waals surface area contributed by atoms with E-state index in [0.717, 1.165) is 76.8 Å². The molecule has 0 aliphatic carbocycles. The summed E-state index contributed by atoms with van der Waals surface area (Å²) in [6, 6.07) is 16.2. The van der Waals surface area contributed by atoms with Crippen LogP contribution in [0.15, 0.2) is 48.5 Å². The van der Waals surface area contributed by atoms with Crippen molar-refractivity contribution in [3.63, 3.8) is 0 Å². The predicted octanol–water partition coefficient (Wildman–Crippen LogP) is 8.91. The lowest BCUT2D eigenvalue weighted by molar-refractivity contribution is -0.115. The maximum Gasteiger partial charge on any atom is 0.410 e. The number of fused-ring (bicyclic) bond motifs is 4. The number of hydrogen-bond donors (Lipinski definition) is 3. The molecule has 2 aliphatic heterocycles. The van der Waals surface area contributed by atoms with E-state index >= 15 is 0 Å². The Kier molecular flexibility index (Phi) is 9.96. The molecule has 3 N–H and O–H groups in total. The smallest absolute Gasteiger partial charge is 0.410 e. The van der Waals surface area contributed by atoms with E-state index < -0.39 is 5.60 Å². The highest BCUT2D eigenvalue weighted by Gasteiger charge is 2.31. The van der Waals surface area contributed by atoms with Crippen molar-refractivity contribution in [2.75, 3.05) is 23.7 Å². The predicted molar refractivity (Wildman–Crippen MR) is 210 cm³/mol. The highest BCUT2D eigenvalue weighted by molar-refractivity contribution is 7.23. The number of para-hydroxylation sites is 2. The van der Waals surface area contributed by atoms with Crippen molar-refractivity contribution in [3.8, 4) is 21.1 Å². The van der Waals surface area contributed by atoms with Crippen LogP contribution in [0.2, 0.25) is 0 Å². The molecule has 0 unspecified atom stereocenters. The van der Waals surface area contributed by atoms with E-state index in [1.165, 1.54) is 33.4 Å². The van der Waals surface area contributed by atoms with Crippen LogP contribution in [0.5, 0.6) is 0 Å². The van der Waals surface area contributed by atoms with Crippen LogP contribution >= 0.6 is 45.3 Å². The monoisotopic (exact) mass is 758 g/mol. The average Bonchev–Trinajstić information content (AvgIpc) is 3.84. The molecule has 3 amide bonds. The highest BCUT2D eigenvalue weighted by atomic mass is 32.1. The summed E-state index contributed by atoms with van der Waals surface area (Å²) in [7, 11) is 0. The van der Waals surface area contributed by atoms with Gasteiger partial charge in [-0.1, -0.05) is 24.3 Å². The van der Waals surface area contributed by atoms with E-state index in [4.69, 9.17) is 14.7 Å². The van der Waals surface area contributed by atoms with E-state index in [9.17, 15) is 14.4 Å². The Morgan fingerprint density at radius 2 is 1.29 bits per heavy atom. The van der Waals surface area contributed by atoms with Gasteiger partial charge in [0.05, 0.1) is 27.0 Å². The minimum atomic E-state index is -0.527. The number of carbonyl (C=O) groups excluding carboxylic acids is 3. The summed E-state index contributed by atoms with van der Waals surface area (Å²) in [5, 5.41) is 13.0. The molecule has 4 aromatic heterocycles. The number of anilines is 2. The zero-order valence-corrected chi connectivity index (χ0v) is 32.2. The number of benzene rings is 2. The third kappa shape index (κ3) is 7.70. The van der Waals surface area contributed by atoms with Gasteiger partial charge in [-0.15, -0.1) is 45.3 Å². The van der Waals surface area contributed by atoms with Gasteiger partial charge in [0.2, 0.25) is 11.8 Å². The van der Waals surface area contributed by atoms with Crippen molar-refractivity contribution in [3.05, 3.63) is 69.4 Å². The first kappa shape index (κ1) is 35.2. The molecule has 6 heterocycles. The first-order chi connectivity index (χ1) is 24.4. The molecular weight excluding hydrogens is 721 g/mol. The summed E-state index contributed by atoms with van der Waals surface area (Å²) in [5.74, 6) is -0.149. The minimum Gasteiger partial charge on any atom is -0.444 e. The number of amides is 3. The fourth-order valence-corrected chi connectivity index (χ4v) is 10.9. The quantitative estimate of drug-likeness (QED) is 0.164. The van der Waals surface area contributed by atoms with Crippen molar-refractivity contribution in [2.24, 2.45) is 0 Å². The molecule has 2 aliphatic rings. The van der Waals surface area contributed by atoms with E-state index in [1.807, 2.05) is 57.2 Å². The lowest BCUT2D eigenvalue weighted by Gasteiger charge is -2.30. The fourth-order valence-electron chi connectivity index (χ4n) is 6.13. The van der Waals surface area contributed by atoms with Gasteiger partial charge in [-0.05, 0) is 75.5 Å². The largest absolute Gasteiger partial charge is 0.444 e. The lowest BCUT2D eigenvalue weighted by Crippen LogP contribution is -2.39. The zero-order chi connectivity index (χ0) is 35.9. The lowest BCUT2D eigenvalue weighted by atomic mass is 10.0. The molecule has 0 radical (unpaired) electrons. The van der Waals surface area contributed by atoms with Crippen LogP contribution in [0.1, 0.15) is 55.5 Å². The number of carbonyl (C=O) groups is 3. The molecular formula is C37H38N6O4S4. The second kappa shape index (κ2) is 14.4. The van der Waals surface area contributed by atoms with E-state index in [2.05, 4.69) is 28.1 Å². The Bertz CT molecular complexity index is 2210. The summed E-state index contributed by atoms with van der Waals surface area (Å²) < 4.78 is 7.82. The number of rotatable bonds is 4. The summed E-state index contributed by atoms with van der Waals surface area (Å²) in [4.78, 5) is 49.6. The standard InChI is InChI=1S/C21H23N3O3S2.C16H15N3OS2/c1-12(25)22-18-17(19-23-14-7-5-6-8-15(14)28-19)13-9-10-24(11-16(13)29-18)20(26)27-21(2,3)4;1-9(20)18-15-14(10-6-7-17-8-13(10)22-15)16-19-11-4-2-3-5-12(11)21-16/h5-8H,9-11H2,1-4H3,(H,22,25);2-5,17H,6-8H2,1H3,(H,18,20). The molecule has 51 heavy (non-hydrogen) atoms. The molecule has 10 nitrogen and oxygen atoms in total. The van der Waals surface area contributed by atoms with E-state index in [1.54, 1.807) is 45.8 Å². The number of ether oxygens (including phenoxy) is 1. The van der Waals surface area contributed by atoms with Crippen LogP contribution < -0.4 is 16.0 Å². The van der Waals surface area contributed by atoms with Crippen LogP contribution in [0, 0.1) is 0 Å². The van der Waals surface area contributed by atoms with Crippen LogP contribution in [-0.4, -0.2) is 51.5 Å². The SMILES string of the molecule is CC(=O)Nc1sc2c(c1-c1nc3ccccc3s1)CCN(C(=O)OC(C)(C)C)C2.CC(=O)Nc1sc2c(c1-c1nc3ccccc3s1)CCNC2. The minimum absolute atomic E-state index is 0.0334. The van der Waals surface area contributed by atoms with Gasteiger partial charge in [0, 0.05) is 47.8 Å². The van der Waals surface area contributed by atoms with Crippen molar-refractivity contribution >= 4 is 93.7 Å². The highest BCUT2D eigenvalue weighted by Crippen LogP contribution is 2.46. The van der Waals surface area contributed by atoms with Gasteiger partial charge in [-0.3, -0.25) is 9.59 Å². The third-order valence-corrected chi connectivity index (χ3v) is 12.6. The number of nitrogens with zero attached hydrogens (tertiary/aromatic N) is 3. The molecule has 0 spiro atoms. The molecule has 0 fully saturated rings. The second-order valence-electron chi connectivity index (χ2n) is 13.3. The maximum atomic E-state index is 12.5. The number of hydrogen-bond acceptors (Lipinski definition) is 11. The number of thiophene rings is 2. The number of nitrogens with one attached hydrogen (secondary N) is 3. The van der Waals surface area contributed by atoms with Gasteiger partial charge in [0.1, 0.15) is 25.6 Å². The Hall–Kier alpha value is -4.21. The Morgan fingerprint density at radius 1 is 0.765 bits per heavy atom. The van der Waals surface area contributed by atoms with Crippen molar-refractivity contribution < 1.29 is 19.1 Å². The van der Waals surface area contributed by atoms with E-state index in [0.29, 0.717) is 19.5 Å². The topological polar surface area (TPSA) is 126 Å². The summed E-state index contributed by atoms with van der Waals surface area (Å²) in [6.07, 6.45) is 1.38. The van der Waals surface area contributed by atoms with Gasteiger partial charge in [0.25, 0.3) is 0 Å². The molecule has 0 atom stereocenters. The second-order valence-corrected chi connectivity index (χ2v) is 17.6. The normalized spacial score (nSPS) is 14.0. The van der Waals surface area contributed by atoms with Crippen molar-refractivity contribution in [2.45, 2.75) is 66.2 Å². The Labute approximate surface area is 311 Å². The zero-order valence-electron chi connectivity index (χ0n) is 29.0. The van der Waals surface area contributed by atoms with E-state index in [-0.39, 0.29) is 17.9 Å². The first-order valence-corrected chi connectivity index (χ1v) is 19.9. The molecule has 8 rings (SSSR count). The van der Waals surface area contributed by atoms with Crippen molar-refractivity contribution in [1.82, 2.24) is 20.2 Å². The molecule has 0 bridgehead atoms. The average molecular weight is 759 g/mol. The first-order valence-electron chi connectivity index (χ1n) is 16.7. The molecule has 6 aromatic rings. The van der Waals surface area contributed by atoms with Crippen LogP contribution in [0.4, 0.5) is 14.8 Å². The van der Waals surface area contributed by atoms with Crippen molar-refractivity contribution in [1.29, 1.82) is 0 Å². The van der Waals surface area contributed by atoms with Gasteiger partial charge in [0.15, 0.2) is 0 Å². The van der Waals surface area contributed by atoms with Gasteiger partial charge in [-0.2, -0.15) is 0 Å². The summed E-state index contributed by atoms with van der Waals surface area (Å²) in [5.41, 5.74) is 6.06. The Balaban J connectivity index is 0.000000165. The molecule has 2 aromatic carbocycles. The number of thiazole rings is 2. The third-order valence-electron chi connectivity index (χ3n) is 8.23. The van der Waals surface area contributed by atoms with Gasteiger partial charge >= 0.3 is 6.09 Å². The van der Waals surface area contributed by atoms with Crippen LogP contribution in [0.25, 0.3) is 41.6 Å². The molecule has 0 saturated heterocycles. The number of aromatic nitrogens is 2. The molecule has 14 heteroatoms. The van der Waals surface area contributed by atoms with Crippen LogP contribution in [-0.2, 0) is 40.3 Å². The maximum absolute atomic E-state index is 12.5.